The van der Waals surface area contributed by atoms with Crippen molar-refractivity contribution in [1.82, 2.24) is 9.21 Å². The standard InChI is InChI=1S/C9H19N3O3S.ClH/c1-8(6-10)11(2)9(13)7-12-4-3-5-16(12,14)15;/h8H,3-7,10H2,1-2H3;1H. The third-order valence-electron chi connectivity index (χ3n) is 2.91. The number of halogens is 1. The van der Waals surface area contributed by atoms with E-state index in [9.17, 15) is 13.2 Å². The van der Waals surface area contributed by atoms with Gasteiger partial charge in [0.05, 0.1) is 12.3 Å². The molecule has 8 heteroatoms. The highest BCUT2D eigenvalue weighted by molar-refractivity contribution is 7.89. The lowest BCUT2D eigenvalue weighted by Gasteiger charge is -2.25. The summed E-state index contributed by atoms with van der Waals surface area (Å²) in [6, 6.07) is -0.0715. The molecule has 1 amide bonds. The van der Waals surface area contributed by atoms with E-state index in [0.29, 0.717) is 19.5 Å². The van der Waals surface area contributed by atoms with Crippen LogP contribution in [0.2, 0.25) is 0 Å². The second-order valence-electron chi connectivity index (χ2n) is 4.09. The van der Waals surface area contributed by atoms with E-state index in [1.54, 1.807) is 7.05 Å². The fourth-order valence-electron chi connectivity index (χ4n) is 1.54. The van der Waals surface area contributed by atoms with Crippen molar-refractivity contribution in [3.8, 4) is 0 Å². The van der Waals surface area contributed by atoms with E-state index >= 15 is 0 Å². The summed E-state index contributed by atoms with van der Waals surface area (Å²) in [7, 11) is -1.55. The van der Waals surface area contributed by atoms with Crippen molar-refractivity contribution in [2.75, 3.05) is 32.4 Å². The Hall–Kier alpha value is -0.370. The van der Waals surface area contributed by atoms with E-state index in [-0.39, 0.29) is 36.7 Å². The maximum Gasteiger partial charge on any atom is 0.237 e. The number of likely N-dealkylation sites (N-methyl/N-ethyl adjacent to an activating group) is 1. The Labute approximate surface area is 109 Å². The second kappa shape index (κ2) is 6.53. The number of amides is 1. The summed E-state index contributed by atoms with van der Waals surface area (Å²) in [5.41, 5.74) is 5.45. The predicted molar refractivity (Wildman–Crippen MR) is 68.5 cm³/mol. The van der Waals surface area contributed by atoms with Crippen molar-refractivity contribution >= 4 is 28.3 Å². The van der Waals surface area contributed by atoms with Gasteiger partial charge in [-0.25, -0.2) is 8.42 Å². The Kier molecular flexibility index (Phi) is 6.39. The second-order valence-corrected chi connectivity index (χ2v) is 6.18. The van der Waals surface area contributed by atoms with Crippen molar-refractivity contribution < 1.29 is 13.2 Å². The van der Waals surface area contributed by atoms with Crippen LogP contribution in [0.1, 0.15) is 13.3 Å². The zero-order valence-electron chi connectivity index (χ0n) is 10.1. The SMILES string of the molecule is CC(CN)N(C)C(=O)CN1CCCS1(=O)=O.Cl. The molecule has 6 nitrogen and oxygen atoms in total. The van der Waals surface area contributed by atoms with Crippen LogP contribution < -0.4 is 5.73 Å². The molecule has 1 rings (SSSR count). The molecule has 102 valence electrons. The number of hydrogen-bond donors (Lipinski definition) is 1. The molecular formula is C9H20ClN3O3S. The van der Waals surface area contributed by atoms with Gasteiger partial charge in [0.2, 0.25) is 15.9 Å². The molecule has 1 aliphatic heterocycles. The molecule has 0 aromatic heterocycles. The van der Waals surface area contributed by atoms with E-state index in [4.69, 9.17) is 5.73 Å². The maximum atomic E-state index is 11.8. The number of carbonyl (C=O) groups is 1. The Morgan fingerprint density at radius 2 is 2.12 bits per heavy atom. The minimum Gasteiger partial charge on any atom is -0.341 e. The molecular weight excluding hydrogens is 266 g/mol. The fourth-order valence-corrected chi connectivity index (χ4v) is 3.00. The molecule has 1 atom stereocenters. The van der Waals surface area contributed by atoms with E-state index in [0.717, 1.165) is 0 Å². The van der Waals surface area contributed by atoms with Crippen LogP contribution in [-0.2, 0) is 14.8 Å². The Morgan fingerprint density at radius 3 is 2.53 bits per heavy atom. The van der Waals surface area contributed by atoms with Crippen LogP contribution in [-0.4, -0.2) is 62.0 Å². The average molecular weight is 286 g/mol. The molecule has 0 saturated carbocycles. The van der Waals surface area contributed by atoms with Gasteiger partial charge in [-0.15, -0.1) is 12.4 Å². The molecule has 17 heavy (non-hydrogen) atoms. The van der Waals surface area contributed by atoms with Crippen LogP contribution in [0.25, 0.3) is 0 Å². The minimum atomic E-state index is -3.19. The molecule has 0 bridgehead atoms. The lowest BCUT2D eigenvalue weighted by molar-refractivity contribution is -0.131. The molecule has 1 heterocycles. The lowest BCUT2D eigenvalue weighted by Crippen LogP contribution is -2.45. The van der Waals surface area contributed by atoms with Gasteiger partial charge in [-0.05, 0) is 13.3 Å². The quantitative estimate of drug-likeness (QED) is 0.737. The molecule has 1 saturated heterocycles. The Bertz CT molecular complexity index is 360. The van der Waals surface area contributed by atoms with Gasteiger partial charge < -0.3 is 10.6 Å². The first-order valence-electron chi connectivity index (χ1n) is 5.32. The monoisotopic (exact) mass is 285 g/mol. The summed E-state index contributed by atoms with van der Waals surface area (Å²) < 4.78 is 24.2. The van der Waals surface area contributed by atoms with Gasteiger partial charge >= 0.3 is 0 Å². The first kappa shape index (κ1) is 16.6. The molecule has 1 aliphatic rings. The van der Waals surface area contributed by atoms with Gasteiger partial charge in [-0.2, -0.15) is 4.31 Å². The van der Waals surface area contributed by atoms with E-state index in [2.05, 4.69) is 0 Å². The third-order valence-corrected chi connectivity index (χ3v) is 4.81. The van der Waals surface area contributed by atoms with Crippen molar-refractivity contribution in [2.45, 2.75) is 19.4 Å². The minimum absolute atomic E-state index is 0. The van der Waals surface area contributed by atoms with Crippen LogP contribution in [0.3, 0.4) is 0 Å². The number of nitrogens with two attached hydrogens (primary N) is 1. The number of sulfonamides is 1. The topological polar surface area (TPSA) is 83.7 Å². The normalized spacial score (nSPS) is 20.6. The summed E-state index contributed by atoms with van der Waals surface area (Å²) in [6.07, 6.45) is 0.603. The van der Waals surface area contributed by atoms with Crippen molar-refractivity contribution in [3.63, 3.8) is 0 Å². The highest BCUT2D eigenvalue weighted by Crippen LogP contribution is 2.13. The molecule has 1 fully saturated rings. The summed E-state index contributed by atoms with van der Waals surface area (Å²) in [5.74, 6) is -0.0559. The first-order valence-corrected chi connectivity index (χ1v) is 6.93. The van der Waals surface area contributed by atoms with Crippen LogP contribution in [0, 0.1) is 0 Å². The highest BCUT2D eigenvalue weighted by atomic mass is 35.5. The summed E-state index contributed by atoms with van der Waals surface area (Å²) in [4.78, 5) is 13.2. The van der Waals surface area contributed by atoms with E-state index in [1.807, 2.05) is 6.92 Å². The van der Waals surface area contributed by atoms with Crippen molar-refractivity contribution in [2.24, 2.45) is 5.73 Å². The van der Waals surface area contributed by atoms with Crippen LogP contribution in [0.4, 0.5) is 0 Å². The fraction of sp³-hybridized carbons (Fsp3) is 0.889. The molecule has 0 aromatic rings. The smallest absolute Gasteiger partial charge is 0.237 e. The average Bonchev–Trinajstić information content (AvgIpc) is 2.56. The van der Waals surface area contributed by atoms with E-state index < -0.39 is 10.0 Å². The van der Waals surface area contributed by atoms with Crippen molar-refractivity contribution in [1.29, 1.82) is 0 Å². The first-order chi connectivity index (χ1) is 7.38. The predicted octanol–water partition coefficient (Wildman–Crippen LogP) is -0.751. The number of rotatable bonds is 4. The summed E-state index contributed by atoms with van der Waals surface area (Å²) in [5, 5.41) is 0. The third kappa shape index (κ3) is 4.09. The number of nitrogens with zero attached hydrogens (tertiary/aromatic N) is 2. The molecule has 1 unspecified atom stereocenters. The molecule has 0 aromatic carbocycles. The summed E-state index contributed by atoms with van der Waals surface area (Å²) >= 11 is 0. The number of hydrogen-bond acceptors (Lipinski definition) is 4. The van der Waals surface area contributed by atoms with Gasteiger partial charge in [0.15, 0.2) is 0 Å². The largest absolute Gasteiger partial charge is 0.341 e. The van der Waals surface area contributed by atoms with Gasteiger partial charge in [0.1, 0.15) is 0 Å². The maximum absolute atomic E-state index is 11.8. The van der Waals surface area contributed by atoms with Gasteiger partial charge in [-0.1, -0.05) is 0 Å². The van der Waals surface area contributed by atoms with Gasteiger partial charge in [-0.3, -0.25) is 4.79 Å². The molecule has 2 N–H and O–H groups in total. The zero-order chi connectivity index (χ0) is 12.3. The van der Waals surface area contributed by atoms with Crippen molar-refractivity contribution in [3.05, 3.63) is 0 Å². The van der Waals surface area contributed by atoms with Crippen LogP contribution in [0.5, 0.6) is 0 Å². The zero-order valence-corrected chi connectivity index (χ0v) is 11.8. The van der Waals surface area contributed by atoms with E-state index in [1.165, 1.54) is 9.21 Å². The Balaban J connectivity index is 0.00000256. The molecule has 0 aliphatic carbocycles. The summed E-state index contributed by atoms with van der Waals surface area (Å²) in [6.45, 7) is 2.58. The lowest BCUT2D eigenvalue weighted by atomic mass is 10.3. The highest BCUT2D eigenvalue weighted by Gasteiger charge is 2.31. The van der Waals surface area contributed by atoms with Crippen LogP contribution >= 0.6 is 12.4 Å². The van der Waals surface area contributed by atoms with Gasteiger partial charge in [0.25, 0.3) is 0 Å². The van der Waals surface area contributed by atoms with Crippen LogP contribution in [0.15, 0.2) is 0 Å². The van der Waals surface area contributed by atoms with Gasteiger partial charge in [0, 0.05) is 26.2 Å². The molecule has 0 radical (unpaired) electrons. The Morgan fingerprint density at radius 1 is 1.53 bits per heavy atom. The molecule has 0 spiro atoms. The number of carbonyl (C=O) groups excluding carboxylic acids is 1.